The summed E-state index contributed by atoms with van der Waals surface area (Å²) in [5.74, 6) is -1.50. The molecule has 0 aliphatic carbocycles. The number of fused-ring (bicyclic) bond motifs is 2. The van der Waals surface area contributed by atoms with Crippen molar-refractivity contribution in [1.29, 1.82) is 0 Å². The fraction of sp³-hybridized carbons (Fsp3) is 0.455. The van der Waals surface area contributed by atoms with Crippen LogP contribution >= 0.6 is 0 Å². The molecule has 2 unspecified atom stereocenters. The van der Waals surface area contributed by atoms with Gasteiger partial charge in [-0.2, -0.15) is 13.2 Å². The molecule has 0 aliphatic rings. The molecule has 2 aromatic heterocycles. The fourth-order valence-corrected chi connectivity index (χ4v) is 6.44. The van der Waals surface area contributed by atoms with Gasteiger partial charge < -0.3 is 19.3 Å². The normalized spacial score (nSPS) is 14.2. The lowest BCUT2D eigenvalue weighted by Crippen LogP contribution is -2.59. The van der Waals surface area contributed by atoms with Crippen molar-refractivity contribution in [2.24, 2.45) is 5.92 Å². The van der Waals surface area contributed by atoms with Gasteiger partial charge in [0.1, 0.15) is 12.1 Å². The number of carbonyl (C=O) groups excluding carboxylic acids is 1. The third-order valence-electron chi connectivity index (χ3n) is 8.84. The number of amides is 1. The lowest BCUT2D eigenvalue weighted by atomic mass is 9.98. The average molecular weight is 659 g/mol. The summed E-state index contributed by atoms with van der Waals surface area (Å²) in [6, 6.07) is 13.5. The topological polar surface area (TPSA) is 115 Å². The molecule has 2 aromatic carbocycles. The molecule has 46 heavy (non-hydrogen) atoms. The maximum absolute atomic E-state index is 14.3. The summed E-state index contributed by atoms with van der Waals surface area (Å²) < 4.78 is 50.7. The molecule has 4 rings (SSSR count). The van der Waals surface area contributed by atoms with Gasteiger partial charge in [-0.25, -0.2) is 4.79 Å². The largest absolute Gasteiger partial charge is 0.415 e. The molecule has 2 N–H and O–H groups in total. The van der Waals surface area contributed by atoms with Gasteiger partial charge in [0, 0.05) is 12.7 Å². The number of aromatic amines is 1. The first-order valence-electron chi connectivity index (χ1n) is 15.2. The van der Waals surface area contributed by atoms with E-state index in [1.807, 2.05) is 63.2 Å². The zero-order valence-electron chi connectivity index (χ0n) is 27.1. The van der Waals surface area contributed by atoms with Crippen LogP contribution in [0.4, 0.5) is 13.2 Å². The Morgan fingerprint density at radius 2 is 1.61 bits per heavy atom. The first-order valence-corrected chi connectivity index (χ1v) is 18.1. The third-order valence-corrected chi connectivity index (χ3v) is 13.3. The molecule has 248 valence electrons. The molecule has 13 heteroatoms. The second-order valence-electron chi connectivity index (χ2n) is 13.5. The summed E-state index contributed by atoms with van der Waals surface area (Å²) in [7, 11) is -2.90. The Balaban J connectivity index is 1.58. The molecule has 0 saturated heterocycles. The number of hydrogen-bond acceptors (Lipinski definition) is 5. The van der Waals surface area contributed by atoms with Crippen LogP contribution in [0.5, 0.6) is 0 Å². The predicted molar refractivity (Wildman–Crippen MR) is 176 cm³/mol. The number of nitrogens with zero attached hydrogens (tertiary/aromatic N) is 2. The molecule has 0 fully saturated rings. The van der Waals surface area contributed by atoms with Crippen LogP contribution in [-0.4, -0.2) is 46.7 Å². The summed E-state index contributed by atoms with van der Waals surface area (Å²) in [5, 5.41) is 3.92. The number of nitrogens with one attached hydrogen (secondary N) is 2. The van der Waals surface area contributed by atoms with Crippen LogP contribution in [0.1, 0.15) is 40.2 Å². The molecule has 0 aliphatic heterocycles. The Morgan fingerprint density at radius 3 is 2.24 bits per heavy atom. The minimum Gasteiger partial charge on any atom is -0.404 e. The SMILES string of the molecule is CC(C)C(NC(=O)Cn1ccc2c(=O)n(CCc3cccc4ccccc34)c(=O)[nH]c2c1=O)C(O[Si](C)(C)C(C)(C)C)C(F)(F)F. The van der Waals surface area contributed by atoms with Crippen molar-refractivity contribution in [1.82, 2.24) is 19.4 Å². The molecule has 2 heterocycles. The monoisotopic (exact) mass is 658 g/mol. The van der Waals surface area contributed by atoms with Crippen molar-refractivity contribution < 1.29 is 22.4 Å². The van der Waals surface area contributed by atoms with Gasteiger partial charge in [0.15, 0.2) is 14.4 Å². The van der Waals surface area contributed by atoms with Crippen molar-refractivity contribution in [2.45, 2.75) is 90.6 Å². The molecule has 2 atom stereocenters. The predicted octanol–water partition coefficient (Wildman–Crippen LogP) is 5.34. The minimum absolute atomic E-state index is 0.0425. The van der Waals surface area contributed by atoms with Crippen LogP contribution < -0.4 is 22.1 Å². The summed E-state index contributed by atoms with van der Waals surface area (Å²) in [5.41, 5.74) is -1.61. The van der Waals surface area contributed by atoms with Crippen molar-refractivity contribution in [2.75, 3.05) is 0 Å². The molecular weight excluding hydrogens is 617 g/mol. The lowest BCUT2D eigenvalue weighted by Gasteiger charge is -2.42. The Labute approximate surface area is 265 Å². The number of H-pyrrole nitrogens is 1. The Hall–Kier alpha value is -3.97. The maximum atomic E-state index is 14.3. The number of rotatable bonds is 10. The Kier molecular flexibility index (Phi) is 9.88. The van der Waals surface area contributed by atoms with Crippen molar-refractivity contribution in [3.63, 3.8) is 0 Å². The first-order chi connectivity index (χ1) is 21.3. The second kappa shape index (κ2) is 13.0. The van der Waals surface area contributed by atoms with E-state index in [0.717, 1.165) is 25.5 Å². The van der Waals surface area contributed by atoms with Gasteiger partial charge in [0.05, 0.1) is 11.4 Å². The van der Waals surface area contributed by atoms with E-state index in [2.05, 4.69) is 10.3 Å². The number of alkyl halides is 3. The number of aryl methyl sites for hydroxylation is 1. The molecule has 4 aromatic rings. The number of benzene rings is 2. The second-order valence-corrected chi connectivity index (χ2v) is 18.2. The number of halogens is 3. The van der Waals surface area contributed by atoms with Crippen LogP contribution in [0.3, 0.4) is 0 Å². The molecule has 0 radical (unpaired) electrons. The number of aromatic nitrogens is 3. The standard InChI is InChI=1S/C33H41F3N4O5Si/c1-20(2)26(28(33(34,35)36)45-46(6,7)32(3,4)5)37-25(41)19-39-17-16-24-27(30(39)43)38-31(44)40(29(24)42)18-15-22-13-10-12-21-11-8-9-14-23(21)22/h8-14,16-17,20,26,28H,15,18-19H2,1-7H3,(H,37,41)(H,38,44). The van der Waals surface area contributed by atoms with Gasteiger partial charge in [-0.15, -0.1) is 0 Å². The van der Waals surface area contributed by atoms with Crippen LogP contribution in [0.25, 0.3) is 21.7 Å². The molecule has 0 spiro atoms. The summed E-state index contributed by atoms with van der Waals surface area (Å²) >= 11 is 0. The molecule has 1 amide bonds. The van der Waals surface area contributed by atoms with E-state index in [1.54, 1.807) is 26.9 Å². The van der Waals surface area contributed by atoms with Crippen molar-refractivity contribution >= 4 is 35.9 Å². The maximum Gasteiger partial charge on any atom is 0.415 e. The summed E-state index contributed by atoms with van der Waals surface area (Å²) in [4.78, 5) is 55.1. The van der Waals surface area contributed by atoms with Gasteiger partial charge in [0.2, 0.25) is 5.91 Å². The molecule has 0 saturated carbocycles. The van der Waals surface area contributed by atoms with Crippen LogP contribution in [0, 0.1) is 5.92 Å². The third kappa shape index (κ3) is 7.36. The highest BCUT2D eigenvalue weighted by molar-refractivity contribution is 6.74. The quantitative estimate of drug-likeness (QED) is 0.223. The molecule has 9 nitrogen and oxygen atoms in total. The van der Waals surface area contributed by atoms with Gasteiger partial charge in [0.25, 0.3) is 11.1 Å². The van der Waals surface area contributed by atoms with E-state index in [1.165, 1.54) is 12.3 Å². The van der Waals surface area contributed by atoms with E-state index in [4.69, 9.17) is 4.43 Å². The zero-order chi connectivity index (χ0) is 34.2. The van der Waals surface area contributed by atoms with Crippen LogP contribution in [0.2, 0.25) is 18.1 Å². The van der Waals surface area contributed by atoms with Crippen molar-refractivity contribution in [3.8, 4) is 0 Å². The molecular formula is C33H41F3N4O5Si. The van der Waals surface area contributed by atoms with Gasteiger partial charge >= 0.3 is 11.9 Å². The highest BCUT2D eigenvalue weighted by Crippen LogP contribution is 2.41. The van der Waals surface area contributed by atoms with E-state index in [-0.39, 0.29) is 17.4 Å². The van der Waals surface area contributed by atoms with Gasteiger partial charge in [-0.3, -0.25) is 19.0 Å². The van der Waals surface area contributed by atoms with Crippen LogP contribution in [0.15, 0.2) is 69.1 Å². The number of carbonyl (C=O) groups is 1. The summed E-state index contributed by atoms with van der Waals surface area (Å²) in [6.07, 6.45) is -5.40. The lowest BCUT2D eigenvalue weighted by molar-refractivity contribution is -0.210. The highest BCUT2D eigenvalue weighted by Gasteiger charge is 2.52. The fourth-order valence-electron chi connectivity index (χ4n) is 5.17. The van der Waals surface area contributed by atoms with E-state index in [0.29, 0.717) is 6.42 Å². The van der Waals surface area contributed by atoms with E-state index < -0.39 is 66.9 Å². The number of pyridine rings is 1. The average Bonchev–Trinajstić information content (AvgIpc) is 2.95. The van der Waals surface area contributed by atoms with Crippen molar-refractivity contribution in [3.05, 3.63) is 91.5 Å². The van der Waals surface area contributed by atoms with Gasteiger partial charge in [-0.05, 0) is 52.9 Å². The first kappa shape index (κ1) is 34.9. The smallest absolute Gasteiger partial charge is 0.404 e. The number of hydrogen-bond donors (Lipinski definition) is 2. The van der Waals surface area contributed by atoms with Crippen LogP contribution in [-0.2, 0) is 28.7 Å². The zero-order valence-corrected chi connectivity index (χ0v) is 28.1. The Bertz CT molecular complexity index is 1920. The van der Waals surface area contributed by atoms with E-state index in [9.17, 15) is 32.3 Å². The molecule has 0 bridgehead atoms. The Morgan fingerprint density at radius 1 is 0.957 bits per heavy atom. The van der Waals surface area contributed by atoms with Gasteiger partial charge in [-0.1, -0.05) is 77.1 Å². The van der Waals surface area contributed by atoms with E-state index >= 15 is 0 Å². The highest BCUT2D eigenvalue weighted by atomic mass is 28.4. The summed E-state index contributed by atoms with van der Waals surface area (Å²) in [6.45, 7) is 11.4. The minimum atomic E-state index is -4.76.